The number of carbonyl (C=O) groups is 1. The fourth-order valence-corrected chi connectivity index (χ4v) is 2.37. The topological polar surface area (TPSA) is 75.5 Å². The van der Waals surface area contributed by atoms with Crippen LogP contribution in [0.3, 0.4) is 0 Å². The number of benzene rings is 1. The van der Waals surface area contributed by atoms with Gasteiger partial charge in [-0.05, 0) is 30.9 Å². The van der Waals surface area contributed by atoms with E-state index in [-0.39, 0.29) is 11.6 Å². The van der Waals surface area contributed by atoms with Crippen molar-refractivity contribution in [3.05, 3.63) is 33.9 Å². The van der Waals surface area contributed by atoms with Gasteiger partial charge >= 0.3 is 0 Å². The van der Waals surface area contributed by atoms with Crippen molar-refractivity contribution in [1.82, 2.24) is 4.90 Å². The Morgan fingerprint density at radius 2 is 2.14 bits per heavy atom. The number of amides is 1. The van der Waals surface area contributed by atoms with Gasteiger partial charge in [0.2, 0.25) is 0 Å². The Balaban J connectivity index is 2.27. The van der Waals surface area contributed by atoms with E-state index in [1.165, 1.54) is 12.1 Å². The summed E-state index contributed by atoms with van der Waals surface area (Å²) >= 11 is 0. The minimum absolute atomic E-state index is 0.0177. The lowest BCUT2D eigenvalue weighted by atomic mass is 10.1. The number of anilines is 1. The summed E-state index contributed by atoms with van der Waals surface area (Å²) in [6, 6.07) is 4.82. The van der Waals surface area contributed by atoms with Crippen LogP contribution in [0.15, 0.2) is 18.2 Å². The van der Waals surface area contributed by atoms with Crippen molar-refractivity contribution >= 4 is 17.3 Å². The number of hydrogen-bond acceptors (Lipinski definition) is 4. The van der Waals surface area contributed by atoms with Crippen molar-refractivity contribution in [3.63, 3.8) is 0 Å². The van der Waals surface area contributed by atoms with Crippen molar-refractivity contribution in [2.24, 2.45) is 5.92 Å². The van der Waals surface area contributed by atoms with Crippen LogP contribution in [0.5, 0.6) is 0 Å². The summed E-state index contributed by atoms with van der Waals surface area (Å²) in [7, 11) is 1.61. The normalized spacial score (nSPS) is 14.1. The van der Waals surface area contributed by atoms with E-state index in [0.717, 1.165) is 19.4 Å². The second kappa shape index (κ2) is 6.11. The van der Waals surface area contributed by atoms with Gasteiger partial charge in [-0.2, -0.15) is 0 Å². The zero-order valence-corrected chi connectivity index (χ0v) is 12.6. The van der Waals surface area contributed by atoms with Crippen LogP contribution in [0, 0.1) is 16.0 Å². The summed E-state index contributed by atoms with van der Waals surface area (Å²) in [6.07, 6.45) is 2.09. The number of nitrogens with zero attached hydrogens (tertiary/aromatic N) is 2. The molecule has 1 fully saturated rings. The monoisotopic (exact) mass is 291 g/mol. The van der Waals surface area contributed by atoms with E-state index in [0.29, 0.717) is 23.2 Å². The van der Waals surface area contributed by atoms with Crippen LogP contribution >= 0.6 is 0 Å². The van der Waals surface area contributed by atoms with Crippen LogP contribution in [0.2, 0.25) is 0 Å². The van der Waals surface area contributed by atoms with E-state index < -0.39 is 4.92 Å². The maximum absolute atomic E-state index is 12.6. The third-order valence-electron chi connectivity index (χ3n) is 3.52. The Labute approximate surface area is 124 Å². The molecule has 1 saturated carbocycles. The van der Waals surface area contributed by atoms with Crippen LogP contribution in [0.1, 0.15) is 37.0 Å². The Kier molecular flexibility index (Phi) is 4.45. The van der Waals surface area contributed by atoms with Crippen LogP contribution < -0.4 is 5.32 Å². The van der Waals surface area contributed by atoms with E-state index in [2.05, 4.69) is 19.2 Å². The molecule has 0 atom stereocenters. The van der Waals surface area contributed by atoms with Gasteiger partial charge < -0.3 is 10.2 Å². The van der Waals surface area contributed by atoms with Crippen LogP contribution in [0.4, 0.5) is 11.4 Å². The number of hydrogen-bond donors (Lipinski definition) is 1. The predicted octanol–water partition coefficient (Wildman–Crippen LogP) is 2.90. The fourth-order valence-electron chi connectivity index (χ4n) is 2.37. The Bertz CT molecular complexity index is 553. The number of rotatable bonds is 6. The van der Waals surface area contributed by atoms with Gasteiger partial charge in [0.05, 0.1) is 4.92 Å². The van der Waals surface area contributed by atoms with Crippen LogP contribution in [0.25, 0.3) is 0 Å². The van der Waals surface area contributed by atoms with E-state index in [1.807, 2.05) is 4.90 Å². The van der Waals surface area contributed by atoms with Crippen LogP contribution in [-0.4, -0.2) is 35.4 Å². The zero-order chi connectivity index (χ0) is 15.6. The van der Waals surface area contributed by atoms with Crippen molar-refractivity contribution in [2.75, 3.05) is 18.9 Å². The quantitative estimate of drug-likeness (QED) is 0.646. The van der Waals surface area contributed by atoms with Gasteiger partial charge in [0.1, 0.15) is 5.69 Å². The number of nitro groups is 1. The SMILES string of the molecule is CNc1cc(C(=O)N(CC(C)C)C2CC2)ccc1[N+](=O)[O-]. The third-order valence-corrected chi connectivity index (χ3v) is 3.52. The molecule has 1 aliphatic rings. The molecule has 1 aliphatic carbocycles. The van der Waals surface area contributed by atoms with Crippen molar-refractivity contribution < 1.29 is 9.72 Å². The maximum atomic E-state index is 12.6. The van der Waals surface area contributed by atoms with E-state index in [9.17, 15) is 14.9 Å². The van der Waals surface area contributed by atoms with Crippen molar-refractivity contribution in [2.45, 2.75) is 32.7 Å². The lowest BCUT2D eigenvalue weighted by Gasteiger charge is -2.24. The summed E-state index contributed by atoms with van der Waals surface area (Å²) in [5.74, 6) is 0.356. The first-order chi connectivity index (χ1) is 9.93. The highest BCUT2D eigenvalue weighted by atomic mass is 16.6. The largest absolute Gasteiger partial charge is 0.383 e. The zero-order valence-electron chi connectivity index (χ0n) is 12.6. The highest BCUT2D eigenvalue weighted by Gasteiger charge is 2.33. The molecule has 6 heteroatoms. The minimum Gasteiger partial charge on any atom is -0.383 e. The highest BCUT2D eigenvalue weighted by molar-refractivity contribution is 5.96. The molecule has 0 unspecified atom stereocenters. The van der Waals surface area contributed by atoms with E-state index >= 15 is 0 Å². The highest BCUT2D eigenvalue weighted by Crippen LogP contribution is 2.31. The molecule has 0 spiro atoms. The molecule has 1 aromatic rings. The average Bonchev–Trinajstić information content (AvgIpc) is 3.27. The standard InChI is InChI=1S/C15H21N3O3/c1-10(2)9-17(12-5-6-12)15(19)11-4-7-14(18(20)21)13(8-11)16-3/h4,7-8,10,12,16H,5-6,9H2,1-3H3. The summed E-state index contributed by atoms with van der Waals surface area (Å²) in [5, 5.41) is 13.7. The predicted molar refractivity (Wildman–Crippen MR) is 81.5 cm³/mol. The van der Waals surface area contributed by atoms with Gasteiger partial charge in [0.15, 0.2) is 0 Å². The Morgan fingerprint density at radius 3 is 2.62 bits per heavy atom. The molecular formula is C15H21N3O3. The van der Waals surface area contributed by atoms with Gasteiger partial charge in [-0.3, -0.25) is 14.9 Å². The van der Waals surface area contributed by atoms with Gasteiger partial charge in [-0.25, -0.2) is 0 Å². The smallest absolute Gasteiger partial charge is 0.292 e. The molecule has 0 aliphatic heterocycles. The molecule has 6 nitrogen and oxygen atoms in total. The molecule has 1 N–H and O–H groups in total. The lowest BCUT2D eigenvalue weighted by molar-refractivity contribution is -0.383. The summed E-state index contributed by atoms with van der Waals surface area (Å²) in [4.78, 5) is 25.0. The lowest BCUT2D eigenvalue weighted by Crippen LogP contribution is -2.36. The van der Waals surface area contributed by atoms with Gasteiger partial charge in [-0.15, -0.1) is 0 Å². The molecule has 2 rings (SSSR count). The summed E-state index contributed by atoms with van der Waals surface area (Å²) in [5.41, 5.74) is 0.847. The molecule has 21 heavy (non-hydrogen) atoms. The second-order valence-corrected chi connectivity index (χ2v) is 5.82. The van der Waals surface area contributed by atoms with Crippen molar-refractivity contribution in [3.8, 4) is 0 Å². The Morgan fingerprint density at radius 1 is 1.48 bits per heavy atom. The van der Waals surface area contributed by atoms with E-state index in [4.69, 9.17) is 0 Å². The van der Waals surface area contributed by atoms with Crippen molar-refractivity contribution in [1.29, 1.82) is 0 Å². The minimum atomic E-state index is -0.452. The summed E-state index contributed by atoms with van der Waals surface area (Å²) < 4.78 is 0. The molecule has 1 aromatic carbocycles. The third kappa shape index (κ3) is 3.51. The molecular weight excluding hydrogens is 270 g/mol. The first-order valence-corrected chi connectivity index (χ1v) is 7.21. The molecule has 1 amide bonds. The maximum Gasteiger partial charge on any atom is 0.292 e. The summed E-state index contributed by atoms with van der Waals surface area (Å²) in [6.45, 7) is 4.88. The van der Waals surface area contributed by atoms with Gasteiger partial charge in [0, 0.05) is 31.3 Å². The number of nitrogens with one attached hydrogen (secondary N) is 1. The fraction of sp³-hybridized carbons (Fsp3) is 0.533. The molecule has 0 aromatic heterocycles. The Hall–Kier alpha value is -2.11. The van der Waals surface area contributed by atoms with E-state index in [1.54, 1.807) is 13.1 Å². The van der Waals surface area contributed by atoms with Gasteiger partial charge in [-0.1, -0.05) is 13.8 Å². The molecule has 0 heterocycles. The molecule has 0 bridgehead atoms. The number of nitro benzene ring substituents is 1. The molecule has 0 radical (unpaired) electrons. The average molecular weight is 291 g/mol. The first-order valence-electron chi connectivity index (χ1n) is 7.21. The van der Waals surface area contributed by atoms with Crippen LogP contribution in [-0.2, 0) is 0 Å². The molecule has 114 valence electrons. The first kappa shape index (κ1) is 15.3. The number of carbonyl (C=O) groups excluding carboxylic acids is 1. The van der Waals surface area contributed by atoms with Gasteiger partial charge in [0.25, 0.3) is 11.6 Å². The molecule has 0 saturated heterocycles. The second-order valence-electron chi connectivity index (χ2n) is 5.82.